The topological polar surface area (TPSA) is 76.1 Å². The lowest BCUT2D eigenvalue weighted by Gasteiger charge is -2.18. The molecule has 156 valence electrons. The summed E-state index contributed by atoms with van der Waals surface area (Å²) in [5.74, 6) is 1.05. The highest BCUT2D eigenvalue weighted by Crippen LogP contribution is 2.23. The third-order valence-corrected chi connectivity index (χ3v) is 6.81. The van der Waals surface area contributed by atoms with Gasteiger partial charge in [-0.1, -0.05) is 12.1 Å². The van der Waals surface area contributed by atoms with E-state index in [1.165, 1.54) is 16.4 Å². The van der Waals surface area contributed by atoms with E-state index in [2.05, 4.69) is 0 Å². The molecule has 1 aliphatic heterocycles. The van der Waals surface area contributed by atoms with Crippen molar-refractivity contribution >= 4 is 15.9 Å². The van der Waals surface area contributed by atoms with Gasteiger partial charge < -0.3 is 14.4 Å². The van der Waals surface area contributed by atoms with E-state index in [-0.39, 0.29) is 17.4 Å². The molecular weight excluding hydrogens is 392 g/mol. The summed E-state index contributed by atoms with van der Waals surface area (Å²) in [7, 11) is -0.129. The Bertz CT molecular complexity index is 921. The van der Waals surface area contributed by atoms with Gasteiger partial charge in [-0.15, -0.1) is 0 Å². The molecule has 0 aromatic heterocycles. The minimum atomic E-state index is -3.45. The number of hydrogen-bond acceptors (Lipinski definition) is 5. The predicted molar refractivity (Wildman–Crippen MR) is 109 cm³/mol. The van der Waals surface area contributed by atoms with Gasteiger partial charge in [-0.2, -0.15) is 4.31 Å². The van der Waals surface area contributed by atoms with Gasteiger partial charge in [0.2, 0.25) is 10.0 Å². The van der Waals surface area contributed by atoms with Gasteiger partial charge >= 0.3 is 0 Å². The van der Waals surface area contributed by atoms with Crippen LogP contribution in [0.4, 0.5) is 0 Å². The van der Waals surface area contributed by atoms with Crippen LogP contribution >= 0.6 is 0 Å². The second-order valence-electron chi connectivity index (χ2n) is 6.97. The van der Waals surface area contributed by atoms with Crippen LogP contribution in [0.2, 0.25) is 0 Å². The molecule has 0 spiro atoms. The van der Waals surface area contributed by atoms with E-state index in [1.807, 2.05) is 24.3 Å². The first-order valence-electron chi connectivity index (χ1n) is 9.50. The fourth-order valence-corrected chi connectivity index (χ4v) is 4.65. The Morgan fingerprint density at radius 3 is 2.17 bits per heavy atom. The van der Waals surface area contributed by atoms with Crippen molar-refractivity contribution in [2.75, 3.05) is 33.9 Å². The first kappa shape index (κ1) is 21.1. The van der Waals surface area contributed by atoms with E-state index in [0.717, 1.165) is 24.2 Å². The monoisotopic (exact) mass is 418 g/mol. The Morgan fingerprint density at radius 2 is 1.59 bits per heavy atom. The van der Waals surface area contributed by atoms with E-state index in [9.17, 15) is 13.2 Å². The number of likely N-dealkylation sites (N-methyl/N-ethyl adjacent to an activating group) is 1. The third-order valence-electron chi connectivity index (χ3n) is 4.89. The molecule has 0 bridgehead atoms. The van der Waals surface area contributed by atoms with E-state index in [4.69, 9.17) is 9.47 Å². The highest BCUT2D eigenvalue weighted by atomic mass is 32.2. The number of rotatable bonds is 8. The van der Waals surface area contributed by atoms with Gasteiger partial charge in [-0.05, 0) is 54.8 Å². The fourth-order valence-electron chi connectivity index (χ4n) is 3.13. The molecule has 0 saturated carbocycles. The highest BCUT2D eigenvalue weighted by molar-refractivity contribution is 7.89. The quantitative estimate of drug-likeness (QED) is 0.658. The molecule has 1 fully saturated rings. The van der Waals surface area contributed by atoms with Crippen LogP contribution in [0.15, 0.2) is 53.4 Å². The third kappa shape index (κ3) is 5.27. The Hall–Kier alpha value is -2.58. The molecule has 0 N–H and O–H groups in total. The van der Waals surface area contributed by atoms with Crippen LogP contribution in [-0.2, 0) is 21.4 Å². The molecule has 1 saturated heterocycles. The van der Waals surface area contributed by atoms with E-state index in [0.29, 0.717) is 25.4 Å². The van der Waals surface area contributed by atoms with E-state index >= 15 is 0 Å². The number of hydrogen-bond donors (Lipinski definition) is 0. The zero-order valence-electron chi connectivity index (χ0n) is 16.7. The minimum absolute atomic E-state index is 0.120. The maximum absolute atomic E-state index is 12.5. The molecule has 8 heteroatoms. The zero-order valence-corrected chi connectivity index (χ0v) is 17.5. The number of benzene rings is 2. The predicted octanol–water partition coefficient (Wildman–Crippen LogP) is 2.52. The minimum Gasteiger partial charge on any atom is -0.497 e. The molecule has 29 heavy (non-hydrogen) atoms. The number of nitrogens with zero attached hydrogens (tertiary/aromatic N) is 2. The molecule has 3 rings (SSSR count). The number of methoxy groups -OCH3 is 1. The lowest BCUT2D eigenvalue weighted by atomic mass is 10.2. The molecule has 0 aliphatic carbocycles. The van der Waals surface area contributed by atoms with Gasteiger partial charge in [-0.25, -0.2) is 8.42 Å². The molecule has 1 heterocycles. The van der Waals surface area contributed by atoms with Crippen molar-refractivity contribution in [1.82, 2.24) is 9.21 Å². The molecule has 0 unspecified atom stereocenters. The van der Waals surface area contributed by atoms with Crippen molar-refractivity contribution in [2.45, 2.75) is 24.3 Å². The summed E-state index contributed by atoms with van der Waals surface area (Å²) in [6.07, 6.45) is 1.79. The first-order chi connectivity index (χ1) is 13.9. The van der Waals surface area contributed by atoms with Gasteiger partial charge in [0.05, 0.1) is 12.0 Å². The number of carbonyl (C=O) groups is 1. The summed E-state index contributed by atoms with van der Waals surface area (Å²) >= 11 is 0. The van der Waals surface area contributed by atoms with Crippen LogP contribution in [0.3, 0.4) is 0 Å². The molecule has 1 amide bonds. The summed E-state index contributed by atoms with van der Waals surface area (Å²) in [5.41, 5.74) is 0.984. The smallest absolute Gasteiger partial charge is 0.260 e. The summed E-state index contributed by atoms with van der Waals surface area (Å²) in [6, 6.07) is 13.7. The Labute approximate surface area is 171 Å². The highest BCUT2D eigenvalue weighted by Gasteiger charge is 2.27. The molecule has 2 aromatic rings. The van der Waals surface area contributed by atoms with Crippen molar-refractivity contribution in [3.05, 3.63) is 54.1 Å². The summed E-state index contributed by atoms with van der Waals surface area (Å²) < 4.78 is 37.2. The van der Waals surface area contributed by atoms with Gasteiger partial charge in [0, 0.05) is 26.7 Å². The number of sulfonamides is 1. The molecule has 1 aliphatic rings. The van der Waals surface area contributed by atoms with E-state index < -0.39 is 10.0 Å². The normalized spacial score (nSPS) is 14.6. The van der Waals surface area contributed by atoms with Gasteiger partial charge in [0.1, 0.15) is 11.5 Å². The van der Waals surface area contributed by atoms with Gasteiger partial charge in [-0.3, -0.25) is 4.79 Å². The molecule has 7 nitrogen and oxygen atoms in total. The molecular formula is C21H26N2O5S. The van der Waals surface area contributed by atoms with Crippen molar-refractivity contribution in [1.29, 1.82) is 0 Å². The van der Waals surface area contributed by atoms with Crippen LogP contribution in [0.5, 0.6) is 11.5 Å². The second kappa shape index (κ2) is 9.28. The largest absolute Gasteiger partial charge is 0.497 e. The van der Waals surface area contributed by atoms with E-state index in [1.54, 1.807) is 31.2 Å². The lowest BCUT2D eigenvalue weighted by molar-refractivity contribution is -0.132. The van der Waals surface area contributed by atoms with Crippen molar-refractivity contribution in [3.63, 3.8) is 0 Å². The Kier molecular flexibility index (Phi) is 6.76. The first-order valence-corrected chi connectivity index (χ1v) is 10.9. The molecule has 0 radical (unpaired) electrons. The molecule has 0 atom stereocenters. The number of amides is 1. The number of carbonyl (C=O) groups excluding carboxylic acids is 1. The van der Waals surface area contributed by atoms with Crippen LogP contribution in [-0.4, -0.2) is 57.4 Å². The summed E-state index contributed by atoms with van der Waals surface area (Å²) in [6.45, 7) is 1.47. The van der Waals surface area contributed by atoms with Gasteiger partial charge in [0.15, 0.2) is 6.61 Å². The SMILES string of the molecule is COc1ccc(CN(C)C(=O)COc2ccc(S(=O)(=O)N3CCCC3)cc2)cc1. The Balaban J connectivity index is 1.52. The average Bonchev–Trinajstić information content (AvgIpc) is 3.28. The maximum atomic E-state index is 12.5. The van der Waals surface area contributed by atoms with Crippen molar-refractivity contribution < 1.29 is 22.7 Å². The fraction of sp³-hybridized carbons (Fsp3) is 0.381. The Morgan fingerprint density at radius 1 is 1.00 bits per heavy atom. The van der Waals surface area contributed by atoms with Crippen molar-refractivity contribution in [3.8, 4) is 11.5 Å². The zero-order chi connectivity index (χ0) is 20.9. The van der Waals surface area contributed by atoms with Crippen LogP contribution in [0.25, 0.3) is 0 Å². The summed E-state index contributed by atoms with van der Waals surface area (Å²) in [5, 5.41) is 0. The van der Waals surface area contributed by atoms with Crippen LogP contribution in [0, 0.1) is 0 Å². The van der Waals surface area contributed by atoms with Crippen LogP contribution < -0.4 is 9.47 Å². The average molecular weight is 419 g/mol. The van der Waals surface area contributed by atoms with Crippen LogP contribution in [0.1, 0.15) is 18.4 Å². The second-order valence-corrected chi connectivity index (χ2v) is 8.91. The lowest BCUT2D eigenvalue weighted by Crippen LogP contribution is -2.31. The van der Waals surface area contributed by atoms with Gasteiger partial charge in [0.25, 0.3) is 5.91 Å². The summed E-state index contributed by atoms with van der Waals surface area (Å²) in [4.78, 5) is 14.1. The van der Waals surface area contributed by atoms with Crippen molar-refractivity contribution in [2.24, 2.45) is 0 Å². The maximum Gasteiger partial charge on any atom is 0.260 e. The number of ether oxygens (including phenoxy) is 2. The standard InChI is InChI=1S/C21H26N2O5S/c1-22(15-17-5-7-18(27-2)8-6-17)21(24)16-28-19-9-11-20(12-10-19)29(25,26)23-13-3-4-14-23/h5-12H,3-4,13-16H2,1-2H3. The molecule has 2 aromatic carbocycles.